The van der Waals surface area contributed by atoms with Gasteiger partial charge in [0.05, 0.1) is 19.9 Å². The third-order valence-electron chi connectivity index (χ3n) is 7.14. The Labute approximate surface area is 239 Å². The first-order valence-electron chi connectivity index (χ1n) is 13.5. The zero-order valence-electron chi connectivity index (χ0n) is 23.3. The van der Waals surface area contributed by atoms with Gasteiger partial charge in [0.25, 0.3) is 5.91 Å². The van der Waals surface area contributed by atoms with Gasteiger partial charge in [0.2, 0.25) is 5.91 Å². The fourth-order valence-corrected chi connectivity index (χ4v) is 4.80. The predicted molar refractivity (Wildman–Crippen MR) is 157 cm³/mol. The van der Waals surface area contributed by atoms with Crippen LogP contribution in [0, 0.1) is 0 Å². The molecule has 1 aliphatic rings. The monoisotopic (exact) mass is 551 g/mol. The van der Waals surface area contributed by atoms with Gasteiger partial charge in [-0.05, 0) is 54.1 Å². The van der Waals surface area contributed by atoms with E-state index in [0.717, 1.165) is 28.4 Å². The molecule has 1 aliphatic heterocycles. The van der Waals surface area contributed by atoms with E-state index in [4.69, 9.17) is 9.47 Å². The number of rotatable bonds is 9. The normalized spacial score (nSPS) is 13.0. The molecule has 0 spiro atoms. The number of methoxy groups -OCH3 is 2. The van der Waals surface area contributed by atoms with E-state index < -0.39 is 0 Å². The van der Waals surface area contributed by atoms with Crippen LogP contribution in [-0.2, 0) is 11.3 Å². The minimum atomic E-state index is -0.199. The molecule has 4 aromatic rings. The van der Waals surface area contributed by atoms with Crippen LogP contribution in [0.4, 0.5) is 5.82 Å². The predicted octanol–water partition coefficient (Wildman–Crippen LogP) is 4.15. The summed E-state index contributed by atoms with van der Waals surface area (Å²) in [6, 6.07) is 28.3. The molecule has 2 heterocycles. The fourth-order valence-electron chi connectivity index (χ4n) is 4.80. The van der Waals surface area contributed by atoms with Gasteiger partial charge in [-0.25, -0.2) is 0 Å². The summed E-state index contributed by atoms with van der Waals surface area (Å²) < 4.78 is 10.5. The molecule has 2 amide bonds. The standard InChI is InChI=1S/C32H33N5O4/c1-40-27-13-11-25(12-14-27)32(39)37(22-24-7-4-3-5-8-24)23-31(38)36-19-17-35(18-20-36)30-16-15-29(33-34-30)26-9-6-10-28(21-26)41-2/h3-16,21H,17-20,22-23H2,1-2H3. The van der Waals surface area contributed by atoms with Crippen molar-refractivity contribution < 1.29 is 19.1 Å². The molecule has 3 aromatic carbocycles. The van der Waals surface area contributed by atoms with Gasteiger partial charge in [-0.1, -0.05) is 42.5 Å². The summed E-state index contributed by atoms with van der Waals surface area (Å²) in [5.74, 6) is 1.92. The molecule has 1 fully saturated rings. The van der Waals surface area contributed by atoms with Crippen molar-refractivity contribution in [3.8, 4) is 22.8 Å². The summed E-state index contributed by atoms with van der Waals surface area (Å²) in [5, 5.41) is 8.85. The molecule has 0 saturated carbocycles. The maximum atomic E-state index is 13.5. The molecule has 1 aromatic heterocycles. The summed E-state index contributed by atoms with van der Waals surface area (Å²) in [7, 11) is 3.22. The topological polar surface area (TPSA) is 88.1 Å². The van der Waals surface area contributed by atoms with Crippen molar-refractivity contribution in [2.75, 3.05) is 51.8 Å². The van der Waals surface area contributed by atoms with E-state index in [2.05, 4.69) is 15.1 Å². The van der Waals surface area contributed by atoms with E-state index in [-0.39, 0.29) is 18.4 Å². The zero-order chi connectivity index (χ0) is 28.6. The van der Waals surface area contributed by atoms with Gasteiger partial charge in [0.1, 0.15) is 18.0 Å². The number of hydrogen-bond acceptors (Lipinski definition) is 7. The number of benzene rings is 3. The lowest BCUT2D eigenvalue weighted by atomic mass is 10.1. The van der Waals surface area contributed by atoms with Gasteiger partial charge in [-0.2, -0.15) is 0 Å². The highest BCUT2D eigenvalue weighted by Crippen LogP contribution is 2.23. The Balaban J connectivity index is 1.22. The van der Waals surface area contributed by atoms with Crippen LogP contribution in [-0.4, -0.2) is 78.8 Å². The maximum absolute atomic E-state index is 13.5. The van der Waals surface area contributed by atoms with Crippen molar-refractivity contribution in [1.82, 2.24) is 20.0 Å². The van der Waals surface area contributed by atoms with E-state index in [1.165, 1.54) is 0 Å². The van der Waals surface area contributed by atoms with Crippen LogP contribution >= 0.6 is 0 Å². The third-order valence-corrected chi connectivity index (χ3v) is 7.14. The second-order valence-corrected chi connectivity index (χ2v) is 9.75. The quantitative estimate of drug-likeness (QED) is 0.309. The van der Waals surface area contributed by atoms with Crippen LogP contribution in [0.2, 0.25) is 0 Å². The molecular formula is C32H33N5O4. The Bertz CT molecular complexity index is 1450. The molecule has 0 unspecified atom stereocenters. The smallest absolute Gasteiger partial charge is 0.254 e. The largest absolute Gasteiger partial charge is 0.497 e. The van der Waals surface area contributed by atoms with Gasteiger partial charge in [-0.15, -0.1) is 10.2 Å². The lowest BCUT2D eigenvalue weighted by Crippen LogP contribution is -2.52. The van der Waals surface area contributed by atoms with Gasteiger partial charge < -0.3 is 24.2 Å². The van der Waals surface area contributed by atoms with E-state index in [1.807, 2.05) is 71.6 Å². The molecule has 41 heavy (non-hydrogen) atoms. The average Bonchev–Trinajstić information content (AvgIpc) is 3.05. The van der Waals surface area contributed by atoms with Gasteiger partial charge >= 0.3 is 0 Å². The molecule has 9 heteroatoms. The number of piperazine rings is 1. The maximum Gasteiger partial charge on any atom is 0.254 e. The molecule has 5 rings (SSSR count). The average molecular weight is 552 g/mol. The highest BCUT2D eigenvalue weighted by atomic mass is 16.5. The third kappa shape index (κ3) is 6.81. The van der Waals surface area contributed by atoms with Crippen LogP contribution in [0.25, 0.3) is 11.3 Å². The van der Waals surface area contributed by atoms with Crippen molar-refractivity contribution >= 4 is 17.6 Å². The van der Waals surface area contributed by atoms with Crippen LogP contribution in [0.1, 0.15) is 15.9 Å². The van der Waals surface area contributed by atoms with Crippen molar-refractivity contribution in [2.45, 2.75) is 6.54 Å². The Kier molecular flexibility index (Phi) is 8.73. The summed E-state index contributed by atoms with van der Waals surface area (Å²) in [6.07, 6.45) is 0. The first kappa shape index (κ1) is 27.6. The fraction of sp³-hybridized carbons (Fsp3) is 0.250. The molecule has 210 valence electrons. The second-order valence-electron chi connectivity index (χ2n) is 9.75. The minimum absolute atomic E-state index is 0.00516. The molecule has 0 aliphatic carbocycles. The molecule has 0 bridgehead atoms. The number of hydrogen-bond donors (Lipinski definition) is 0. The van der Waals surface area contributed by atoms with Gasteiger partial charge in [-0.3, -0.25) is 9.59 Å². The lowest BCUT2D eigenvalue weighted by molar-refractivity contribution is -0.132. The highest BCUT2D eigenvalue weighted by Gasteiger charge is 2.26. The SMILES string of the molecule is COc1ccc(C(=O)N(CC(=O)N2CCN(c3ccc(-c4cccc(OC)c4)nn3)CC2)Cc2ccccc2)cc1. The van der Waals surface area contributed by atoms with Crippen molar-refractivity contribution in [3.05, 3.63) is 102 Å². The van der Waals surface area contributed by atoms with E-state index in [9.17, 15) is 9.59 Å². The number of amides is 2. The van der Waals surface area contributed by atoms with Crippen molar-refractivity contribution in [3.63, 3.8) is 0 Å². The summed E-state index contributed by atoms with van der Waals surface area (Å²) in [4.78, 5) is 32.4. The van der Waals surface area contributed by atoms with Crippen molar-refractivity contribution in [1.29, 1.82) is 0 Å². The molecule has 0 atom stereocenters. The summed E-state index contributed by atoms with van der Waals surface area (Å²) in [5.41, 5.74) is 3.17. The summed E-state index contributed by atoms with van der Waals surface area (Å²) in [6.45, 7) is 2.66. The first-order valence-corrected chi connectivity index (χ1v) is 13.5. The van der Waals surface area contributed by atoms with Gasteiger partial charge in [0.15, 0.2) is 5.82 Å². The van der Waals surface area contributed by atoms with Gasteiger partial charge in [0, 0.05) is 43.9 Å². The Hall–Kier alpha value is -4.92. The Morgan fingerprint density at radius 2 is 1.51 bits per heavy atom. The van der Waals surface area contributed by atoms with E-state index in [0.29, 0.717) is 44.0 Å². The van der Waals surface area contributed by atoms with Crippen LogP contribution < -0.4 is 14.4 Å². The number of carbonyl (C=O) groups is 2. The minimum Gasteiger partial charge on any atom is -0.497 e. The van der Waals surface area contributed by atoms with E-state index in [1.54, 1.807) is 43.4 Å². The lowest BCUT2D eigenvalue weighted by Gasteiger charge is -2.36. The molecule has 0 radical (unpaired) electrons. The number of nitrogens with zero attached hydrogens (tertiary/aromatic N) is 5. The van der Waals surface area contributed by atoms with Crippen LogP contribution in [0.3, 0.4) is 0 Å². The summed E-state index contributed by atoms with van der Waals surface area (Å²) >= 11 is 0. The molecule has 0 N–H and O–H groups in total. The Morgan fingerprint density at radius 3 is 2.17 bits per heavy atom. The van der Waals surface area contributed by atoms with E-state index >= 15 is 0 Å². The Morgan fingerprint density at radius 1 is 0.780 bits per heavy atom. The van der Waals surface area contributed by atoms with Crippen LogP contribution in [0.5, 0.6) is 11.5 Å². The van der Waals surface area contributed by atoms with Crippen LogP contribution in [0.15, 0.2) is 91.0 Å². The second kappa shape index (κ2) is 13.0. The number of anilines is 1. The molecule has 1 saturated heterocycles. The zero-order valence-corrected chi connectivity index (χ0v) is 23.3. The molecule has 9 nitrogen and oxygen atoms in total. The number of carbonyl (C=O) groups excluding carboxylic acids is 2. The number of ether oxygens (including phenoxy) is 2. The first-order chi connectivity index (χ1) is 20.0. The number of aromatic nitrogens is 2. The van der Waals surface area contributed by atoms with Crippen molar-refractivity contribution in [2.24, 2.45) is 0 Å². The highest BCUT2D eigenvalue weighted by molar-refractivity contribution is 5.96. The molecular weight excluding hydrogens is 518 g/mol.